The van der Waals surface area contributed by atoms with Crippen LogP contribution < -0.4 is 20.1 Å². The molecule has 0 spiro atoms. The molecule has 0 atom stereocenters. The van der Waals surface area contributed by atoms with Gasteiger partial charge in [-0.3, -0.25) is 0 Å². The summed E-state index contributed by atoms with van der Waals surface area (Å²) in [6.45, 7) is 1.99. The Kier molecular flexibility index (Phi) is 5.12. The lowest BCUT2D eigenvalue weighted by Crippen LogP contribution is -2.48. The zero-order valence-corrected chi connectivity index (χ0v) is 19.9. The van der Waals surface area contributed by atoms with E-state index >= 15 is 0 Å². The first-order valence-electron chi connectivity index (χ1n) is 12.1. The molecule has 8 nitrogen and oxygen atoms in total. The van der Waals surface area contributed by atoms with E-state index in [2.05, 4.69) is 31.8 Å². The fourth-order valence-electron chi connectivity index (χ4n) is 6.85. The summed E-state index contributed by atoms with van der Waals surface area (Å²) in [6.07, 6.45) is 9.70. The van der Waals surface area contributed by atoms with E-state index < -0.39 is 0 Å². The first-order chi connectivity index (χ1) is 16.5. The highest BCUT2D eigenvalue weighted by atomic mass is 16.5. The van der Waals surface area contributed by atoms with Gasteiger partial charge in [-0.15, -0.1) is 0 Å². The van der Waals surface area contributed by atoms with Gasteiger partial charge in [-0.25, -0.2) is 4.98 Å². The molecule has 8 heteroatoms. The third-order valence-electron chi connectivity index (χ3n) is 7.96. The fraction of sp³-hybridized carbons (Fsp3) is 0.500. The van der Waals surface area contributed by atoms with Gasteiger partial charge in [0.05, 0.1) is 14.2 Å². The molecule has 0 aliphatic heterocycles. The molecular formula is C26H31N5O3. The van der Waals surface area contributed by atoms with Crippen molar-refractivity contribution in [2.75, 3.05) is 24.9 Å². The van der Waals surface area contributed by atoms with Crippen LogP contribution in [0.4, 0.5) is 23.3 Å². The lowest BCUT2D eigenvalue weighted by atomic mass is 9.49. The summed E-state index contributed by atoms with van der Waals surface area (Å²) < 4.78 is 16.7. The average molecular weight is 462 g/mol. The second-order valence-corrected chi connectivity index (χ2v) is 10.3. The van der Waals surface area contributed by atoms with Gasteiger partial charge in [0.2, 0.25) is 5.95 Å². The Balaban J connectivity index is 1.19. The van der Waals surface area contributed by atoms with Crippen molar-refractivity contribution >= 4 is 23.3 Å². The molecule has 178 valence electrons. The summed E-state index contributed by atoms with van der Waals surface area (Å²) in [6, 6.07) is 7.71. The second-order valence-electron chi connectivity index (χ2n) is 10.3. The minimum atomic E-state index is 0.186. The highest BCUT2D eigenvalue weighted by molar-refractivity contribution is 5.65. The standard InChI is InChI=1S/C26H31N5O3/c1-15-6-20(32-2)21(33-3)10-19(15)28-25-27-5-4-23(30-25)29-24-11-22(34-31-24)26-12-16-7-17(13-26)9-18(8-16)14-26/h4-6,10-11,16-18H,7-9,12-14H2,1-3H3,(H2,27,28,29,30,31). The van der Waals surface area contributed by atoms with Crippen LogP contribution in [0, 0.1) is 24.7 Å². The van der Waals surface area contributed by atoms with E-state index in [0.29, 0.717) is 29.1 Å². The average Bonchev–Trinajstić information content (AvgIpc) is 3.29. The summed E-state index contributed by atoms with van der Waals surface area (Å²) in [4.78, 5) is 8.99. The number of benzene rings is 1. The highest BCUT2D eigenvalue weighted by Gasteiger charge is 2.53. The van der Waals surface area contributed by atoms with Gasteiger partial charge in [-0.2, -0.15) is 4.98 Å². The SMILES string of the molecule is COc1cc(C)c(Nc2nccc(Nc3cc(C45CC6CC(CC(C6)C4)C5)on3)n2)cc1OC. The summed E-state index contributed by atoms with van der Waals surface area (Å²) in [7, 11) is 3.24. The summed E-state index contributed by atoms with van der Waals surface area (Å²) in [5.41, 5.74) is 2.03. The number of anilines is 4. The maximum absolute atomic E-state index is 5.91. The largest absolute Gasteiger partial charge is 0.493 e. The Labute approximate surface area is 199 Å². The first kappa shape index (κ1) is 21.3. The molecule has 0 radical (unpaired) electrons. The van der Waals surface area contributed by atoms with Crippen LogP contribution in [0.3, 0.4) is 0 Å². The van der Waals surface area contributed by atoms with Crippen molar-refractivity contribution in [2.24, 2.45) is 17.8 Å². The number of rotatable bonds is 7. The van der Waals surface area contributed by atoms with E-state index in [-0.39, 0.29) is 5.41 Å². The third-order valence-corrected chi connectivity index (χ3v) is 7.96. The topological polar surface area (TPSA) is 94.3 Å². The predicted molar refractivity (Wildman–Crippen MR) is 129 cm³/mol. The Morgan fingerprint density at radius 2 is 1.59 bits per heavy atom. The van der Waals surface area contributed by atoms with Crippen LogP contribution in [-0.2, 0) is 5.41 Å². The van der Waals surface area contributed by atoms with Crippen LogP contribution >= 0.6 is 0 Å². The maximum atomic E-state index is 5.91. The van der Waals surface area contributed by atoms with Gasteiger partial charge < -0.3 is 24.6 Å². The monoisotopic (exact) mass is 461 g/mol. The molecule has 1 aromatic carbocycles. The molecule has 4 aliphatic rings. The number of aryl methyl sites for hydroxylation is 1. The number of hydrogen-bond acceptors (Lipinski definition) is 8. The van der Waals surface area contributed by atoms with E-state index in [0.717, 1.165) is 34.8 Å². The maximum Gasteiger partial charge on any atom is 0.229 e. The van der Waals surface area contributed by atoms with Crippen molar-refractivity contribution < 1.29 is 14.0 Å². The zero-order valence-electron chi connectivity index (χ0n) is 19.9. The lowest BCUT2D eigenvalue weighted by molar-refractivity contribution is -0.0175. The number of ether oxygens (including phenoxy) is 2. The van der Waals surface area contributed by atoms with E-state index in [1.807, 2.05) is 25.1 Å². The van der Waals surface area contributed by atoms with Crippen molar-refractivity contribution in [1.82, 2.24) is 15.1 Å². The van der Waals surface area contributed by atoms with Gasteiger partial charge >= 0.3 is 0 Å². The minimum absolute atomic E-state index is 0.186. The third kappa shape index (κ3) is 3.75. The summed E-state index contributed by atoms with van der Waals surface area (Å²) >= 11 is 0. The van der Waals surface area contributed by atoms with E-state index in [1.54, 1.807) is 20.4 Å². The van der Waals surface area contributed by atoms with Crippen LogP contribution in [0.1, 0.15) is 49.8 Å². The van der Waals surface area contributed by atoms with Crippen molar-refractivity contribution in [3.63, 3.8) is 0 Å². The smallest absolute Gasteiger partial charge is 0.229 e. The van der Waals surface area contributed by atoms with E-state index in [1.165, 1.54) is 38.5 Å². The van der Waals surface area contributed by atoms with Crippen molar-refractivity contribution in [3.8, 4) is 11.5 Å². The van der Waals surface area contributed by atoms with E-state index in [9.17, 15) is 0 Å². The number of aromatic nitrogens is 3. The van der Waals surface area contributed by atoms with Crippen LogP contribution in [-0.4, -0.2) is 29.3 Å². The molecule has 34 heavy (non-hydrogen) atoms. The summed E-state index contributed by atoms with van der Waals surface area (Å²) in [5, 5.41) is 10.9. The van der Waals surface area contributed by atoms with Crippen LogP contribution in [0.15, 0.2) is 35.0 Å². The van der Waals surface area contributed by atoms with Crippen molar-refractivity contribution in [3.05, 3.63) is 41.8 Å². The van der Waals surface area contributed by atoms with Crippen molar-refractivity contribution in [1.29, 1.82) is 0 Å². The molecule has 4 saturated carbocycles. The number of nitrogens with one attached hydrogen (secondary N) is 2. The molecule has 4 bridgehead atoms. The van der Waals surface area contributed by atoms with Crippen molar-refractivity contribution in [2.45, 2.75) is 50.9 Å². The highest BCUT2D eigenvalue weighted by Crippen LogP contribution is 2.60. The van der Waals surface area contributed by atoms with E-state index in [4.69, 9.17) is 14.0 Å². The molecule has 4 fully saturated rings. The molecule has 2 heterocycles. The van der Waals surface area contributed by atoms with Gasteiger partial charge in [-0.05, 0) is 80.9 Å². The Morgan fingerprint density at radius 1 is 0.912 bits per heavy atom. The van der Waals surface area contributed by atoms with Gasteiger partial charge in [0.1, 0.15) is 11.6 Å². The lowest BCUT2D eigenvalue weighted by Gasteiger charge is -2.55. The molecule has 0 amide bonds. The van der Waals surface area contributed by atoms with Gasteiger partial charge in [0.25, 0.3) is 0 Å². The molecule has 2 aromatic heterocycles. The molecule has 7 rings (SSSR count). The van der Waals surface area contributed by atoms with Crippen LogP contribution in [0.25, 0.3) is 0 Å². The fourth-order valence-corrected chi connectivity index (χ4v) is 6.85. The van der Waals surface area contributed by atoms with Gasteiger partial charge in [0.15, 0.2) is 17.3 Å². The Morgan fingerprint density at radius 3 is 2.26 bits per heavy atom. The molecule has 0 saturated heterocycles. The predicted octanol–water partition coefficient (Wildman–Crippen LogP) is 5.75. The molecule has 0 unspecified atom stereocenters. The zero-order chi connectivity index (χ0) is 23.3. The van der Waals surface area contributed by atoms with Crippen LogP contribution in [0.5, 0.6) is 11.5 Å². The van der Waals surface area contributed by atoms with Crippen LogP contribution in [0.2, 0.25) is 0 Å². The van der Waals surface area contributed by atoms with Gasteiger partial charge in [-0.1, -0.05) is 5.16 Å². The quantitative estimate of drug-likeness (QED) is 0.460. The molecule has 4 aliphatic carbocycles. The molecule has 2 N–H and O–H groups in total. The number of methoxy groups -OCH3 is 2. The Bertz CT molecular complexity index is 1170. The second kappa shape index (κ2) is 8.18. The first-order valence-corrected chi connectivity index (χ1v) is 12.1. The number of hydrogen-bond donors (Lipinski definition) is 2. The molecular weight excluding hydrogens is 430 g/mol. The Hall–Kier alpha value is -3.29. The molecule has 3 aromatic rings. The normalized spacial score (nSPS) is 27.0. The van der Waals surface area contributed by atoms with Gasteiger partial charge in [0, 0.05) is 29.4 Å². The number of nitrogens with zero attached hydrogens (tertiary/aromatic N) is 3. The minimum Gasteiger partial charge on any atom is -0.493 e. The summed E-state index contributed by atoms with van der Waals surface area (Å²) in [5.74, 6) is 6.79.